The molecule has 0 unspecified atom stereocenters. The van der Waals surface area contributed by atoms with Crippen molar-refractivity contribution in [1.82, 2.24) is 15.1 Å². The molecule has 0 aliphatic rings. The van der Waals surface area contributed by atoms with Crippen LogP contribution in [0.3, 0.4) is 0 Å². The van der Waals surface area contributed by atoms with Crippen LogP contribution < -0.4 is 15.4 Å². The molecular formula is C24H29N5O2. The summed E-state index contributed by atoms with van der Waals surface area (Å²) in [6, 6.07) is 14.9. The van der Waals surface area contributed by atoms with Crippen LogP contribution in [0.15, 0.2) is 59.7 Å². The van der Waals surface area contributed by atoms with Gasteiger partial charge in [0.15, 0.2) is 0 Å². The summed E-state index contributed by atoms with van der Waals surface area (Å²) in [6.45, 7) is 7.32. The second-order valence-corrected chi connectivity index (χ2v) is 7.34. The first-order valence-electron chi connectivity index (χ1n) is 10.3. The van der Waals surface area contributed by atoms with E-state index in [1.165, 1.54) is 0 Å². The molecule has 0 fully saturated rings. The predicted molar refractivity (Wildman–Crippen MR) is 124 cm³/mol. The summed E-state index contributed by atoms with van der Waals surface area (Å²) < 4.78 is 7.14. The third-order valence-corrected chi connectivity index (χ3v) is 4.77. The third kappa shape index (κ3) is 6.18. The van der Waals surface area contributed by atoms with Crippen LogP contribution >= 0.6 is 0 Å². The number of aromatic nitrogens is 2. The van der Waals surface area contributed by atoms with Gasteiger partial charge in [0.1, 0.15) is 5.75 Å². The molecule has 1 heterocycles. The van der Waals surface area contributed by atoms with Crippen LogP contribution in [0.2, 0.25) is 0 Å². The number of nitrogens with zero attached hydrogens (tertiary/aromatic N) is 3. The van der Waals surface area contributed by atoms with Gasteiger partial charge in [-0.15, -0.1) is 0 Å². The van der Waals surface area contributed by atoms with Crippen LogP contribution in [0.4, 0.5) is 5.69 Å². The van der Waals surface area contributed by atoms with Gasteiger partial charge in [0, 0.05) is 29.6 Å². The van der Waals surface area contributed by atoms with E-state index in [1.54, 1.807) is 13.2 Å². The number of aryl methyl sites for hydroxylation is 3. The largest absolute Gasteiger partial charge is 0.497 e. The van der Waals surface area contributed by atoms with Gasteiger partial charge in [-0.25, -0.2) is 4.99 Å². The van der Waals surface area contributed by atoms with E-state index in [0.717, 1.165) is 41.2 Å². The first-order chi connectivity index (χ1) is 15.0. The average molecular weight is 420 g/mol. The molecule has 3 aromatic rings. The maximum atomic E-state index is 12.8. The Kier molecular flexibility index (Phi) is 7.43. The molecule has 162 valence electrons. The number of carbonyl (C=O) groups is 1. The standard InChI is InChI=1S/C24H29N5O2/c1-5-13-29-16-20(18(3)28-29)15-25-24(26-21-9-11-22(31-4)12-10-21)27-23(30)19-8-6-7-17(2)14-19/h6-12,14,16H,5,13,15H2,1-4H3,(H2,25,26,27,30). The SMILES string of the molecule is CCCn1cc(CN=C(NC(=O)c2cccc(C)c2)Nc2ccc(OC)cc2)c(C)n1. The number of ether oxygens (including phenoxy) is 1. The fourth-order valence-corrected chi connectivity index (χ4v) is 3.11. The highest BCUT2D eigenvalue weighted by Gasteiger charge is 2.11. The predicted octanol–water partition coefficient (Wildman–Crippen LogP) is 4.32. The molecule has 0 radical (unpaired) electrons. The van der Waals surface area contributed by atoms with Crippen LogP contribution in [0.5, 0.6) is 5.75 Å². The molecule has 7 nitrogen and oxygen atoms in total. The number of carbonyl (C=O) groups excluding carboxylic acids is 1. The maximum absolute atomic E-state index is 12.8. The number of rotatable bonds is 7. The molecule has 3 rings (SSSR count). The van der Waals surface area contributed by atoms with Gasteiger partial charge in [0.25, 0.3) is 5.91 Å². The third-order valence-electron chi connectivity index (χ3n) is 4.77. The molecule has 0 saturated carbocycles. The van der Waals surface area contributed by atoms with E-state index < -0.39 is 0 Å². The number of hydrogen-bond acceptors (Lipinski definition) is 4. The van der Waals surface area contributed by atoms with Crippen molar-refractivity contribution in [2.24, 2.45) is 4.99 Å². The number of nitrogens with one attached hydrogen (secondary N) is 2. The minimum atomic E-state index is -0.220. The Balaban J connectivity index is 1.81. The Morgan fingerprint density at radius 3 is 2.61 bits per heavy atom. The van der Waals surface area contributed by atoms with Gasteiger partial charge in [-0.05, 0) is 56.7 Å². The molecule has 2 N–H and O–H groups in total. The number of aliphatic imine (C=N–C) groups is 1. The van der Waals surface area contributed by atoms with E-state index in [4.69, 9.17) is 4.74 Å². The van der Waals surface area contributed by atoms with E-state index in [0.29, 0.717) is 18.1 Å². The number of benzene rings is 2. The second kappa shape index (κ2) is 10.4. The number of amides is 1. The lowest BCUT2D eigenvalue weighted by atomic mass is 10.1. The topological polar surface area (TPSA) is 80.5 Å². The number of guanidine groups is 1. The minimum Gasteiger partial charge on any atom is -0.497 e. The molecule has 2 aromatic carbocycles. The maximum Gasteiger partial charge on any atom is 0.257 e. The number of hydrogen-bond donors (Lipinski definition) is 2. The summed E-state index contributed by atoms with van der Waals surface area (Å²) >= 11 is 0. The summed E-state index contributed by atoms with van der Waals surface area (Å²) in [4.78, 5) is 17.4. The van der Waals surface area contributed by atoms with Gasteiger partial charge < -0.3 is 10.1 Å². The average Bonchev–Trinajstić information content (AvgIpc) is 3.11. The number of methoxy groups -OCH3 is 1. The zero-order chi connectivity index (χ0) is 22.2. The van der Waals surface area contributed by atoms with Gasteiger partial charge in [-0.1, -0.05) is 24.6 Å². The van der Waals surface area contributed by atoms with Crippen LogP contribution in [0, 0.1) is 13.8 Å². The summed E-state index contributed by atoms with van der Waals surface area (Å²) in [7, 11) is 1.62. The van der Waals surface area contributed by atoms with E-state index >= 15 is 0 Å². The van der Waals surface area contributed by atoms with Crippen LogP contribution in [0.1, 0.15) is 40.5 Å². The van der Waals surface area contributed by atoms with E-state index in [2.05, 4.69) is 27.6 Å². The molecule has 31 heavy (non-hydrogen) atoms. The Morgan fingerprint density at radius 2 is 1.94 bits per heavy atom. The van der Waals surface area contributed by atoms with Gasteiger partial charge in [0.05, 0.1) is 19.3 Å². The first-order valence-corrected chi connectivity index (χ1v) is 10.3. The molecule has 0 aliphatic carbocycles. The molecular weight excluding hydrogens is 390 g/mol. The Labute approximate surface area is 183 Å². The molecule has 1 aromatic heterocycles. The highest BCUT2D eigenvalue weighted by molar-refractivity contribution is 6.10. The van der Waals surface area contributed by atoms with Crippen molar-refractivity contribution < 1.29 is 9.53 Å². The van der Waals surface area contributed by atoms with Crippen LogP contribution in [-0.4, -0.2) is 28.8 Å². The lowest BCUT2D eigenvalue weighted by Gasteiger charge is -2.12. The van der Waals surface area contributed by atoms with E-state index in [1.807, 2.05) is 67.2 Å². The van der Waals surface area contributed by atoms with Crippen molar-refractivity contribution in [2.45, 2.75) is 40.3 Å². The van der Waals surface area contributed by atoms with Crippen molar-refractivity contribution >= 4 is 17.6 Å². The smallest absolute Gasteiger partial charge is 0.257 e. The lowest BCUT2D eigenvalue weighted by molar-refractivity contribution is 0.0977. The van der Waals surface area contributed by atoms with Gasteiger partial charge in [-0.2, -0.15) is 5.10 Å². The van der Waals surface area contributed by atoms with Crippen molar-refractivity contribution in [3.8, 4) is 5.75 Å². The molecule has 0 bridgehead atoms. The fourth-order valence-electron chi connectivity index (χ4n) is 3.11. The number of anilines is 1. The Bertz CT molecular complexity index is 1050. The van der Waals surface area contributed by atoms with Crippen LogP contribution in [0.25, 0.3) is 0 Å². The summed E-state index contributed by atoms with van der Waals surface area (Å²) in [5.41, 5.74) is 4.35. The normalized spacial score (nSPS) is 11.3. The molecule has 0 atom stereocenters. The quantitative estimate of drug-likeness (QED) is 0.442. The van der Waals surface area contributed by atoms with Gasteiger partial charge >= 0.3 is 0 Å². The van der Waals surface area contributed by atoms with Crippen molar-refractivity contribution in [3.63, 3.8) is 0 Å². The lowest BCUT2D eigenvalue weighted by Crippen LogP contribution is -2.36. The second-order valence-electron chi connectivity index (χ2n) is 7.34. The Morgan fingerprint density at radius 1 is 1.16 bits per heavy atom. The van der Waals surface area contributed by atoms with E-state index in [9.17, 15) is 4.79 Å². The molecule has 7 heteroatoms. The zero-order valence-electron chi connectivity index (χ0n) is 18.5. The highest BCUT2D eigenvalue weighted by Crippen LogP contribution is 2.15. The molecule has 1 amide bonds. The fraction of sp³-hybridized carbons (Fsp3) is 0.292. The zero-order valence-corrected chi connectivity index (χ0v) is 18.5. The summed E-state index contributed by atoms with van der Waals surface area (Å²) in [6.07, 6.45) is 3.02. The molecule has 0 aliphatic heterocycles. The summed E-state index contributed by atoms with van der Waals surface area (Å²) in [5, 5.41) is 10.6. The highest BCUT2D eigenvalue weighted by atomic mass is 16.5. The molecule has 0 saturated heterocycles. The van der Waals surface area contributed by atoms with Crippen molar-refractivity contribution in [3.05, 3.63) is 77.1 Å². The van der Waals surface area contributed by atoms with Gasteiger partial charge in [0.2, 0.25) is 5.96 Å². The molecule has 0 spiro atoms. The first kappa shape index (κ1) is 22.1. The van der Waals surface area contributed by atoms with Gasteiger partial charge in [-0.3, -0.25) is 14.8 Å². The van der Waals surface area contributed by atoms with E-state index in [-0.39, 0.29) is 5.91 Å². The van der Waals surface area contributed by atoms with Crippen LogP contribution in [-0.2, 0) is 13.1 Å². The van der Waals surface area contributed by atoms with Crippen molar-refractivity contribution in [2.75, 3.05) is 12.4 Å². The van der Waals surface area contributed by atoms with Crippen molar-refractivity contribution in [1.29, 1.82) is 0 Å². The Hall–Kier alpha value is -3.61. The minimum absolute atomic E-state index is 0.220. The summed E-state index contributed by atoms with van der Waals surface area (Å²) in [5.74, 6) is 0.910. The monoisotopic (exact) mass is 419 g/mol.